The first-order valence-electron chi connectivity index (χ1n) is 7.54. The summed E-state index contributed by atoms with van der Waals surface area (Å²) in [6.45, 7) is 2.96. The second-order valence-electron chi connectivity index (χ2n) is 4.80. The Morgan fingerprint density at radius 3 is 2.04 bits per heavy atom. The summed E-state index contributed by atoms with van der Waals surface area (Å²) < 4.78 is 10.0. The molecular weight excluding hydrogens is 298 g/mol. The number of carbonyl (C=O) groups excluding carboxylic acids is 2. The summed E-state index contributed by atoms with van der Waals surface area (Å²) in [5, 5.41) is 0. The van der Waals surface area contributed by atoms with Crippen molar-refractivity contribution in [3.63, 3.8) is 0 Å². The van der Waals surface area contributed by atoms with Crippen LogP contribution in [0, 0.1) is 0 Å². The highest BCUT2D eigenvalue weighted by molar-refractivity contribution is 5.93. The fourth-order valence-electron chi connectivity index (χ4n) is 1.80. The minimum absolute atomic E-state index is 0.0858. The van der Waals surface area contributed by atoms with Gasteiger partial charge in [0.2, 0.25) is 0 Å². The van der Waals surface area contributed by atoms with Gasteiger partial charge in [0, 0.05) is 6.54 Å². The van der Waals surface area contributed by atoms with Crippen molar-refractivity contribution in [2.24, 2.45) is 16.5 Å². The second kappa shape index (κ2) is 10.2. The van der Waals surface area contributed by atoms with E-state index in [4.69, 9.17) is 20.9 Å². The summed E-state index contributed by atoms with van der Waals surface area (Å²) in [7, 11) is 0. The summed E-state index contributed by atoms with van der Waals surface area (Å²) in [5.74, 6) is -0.736. The number of hydrogen-bond donors (Lipinski definition) is 2. The van der Waals surface area contributed by atoms with Gasteiger partial charge in [-0.25, -0.2) is 9.59 Å². The van der Waals surface area contributed by atoms with Crippen LogP contribution in [0.2, 0.25) is 0 Å². The normalized spacial score (nSPS) is 9.96. The molecule has 4 N–H and O–H groups in total. The standard InChI is InChI=1S/C16H23N3O4/c1-2-22-14(20)12-6-8-13(9-7-12)15(21)23-11-5-3-4-10-19-16(17)18/h6-9H,2-5,10-11H2,1H3,(H4,17,18,19). The molecule has 1 aromatic carbocycles. The Labute approximate surface area is 135 Å². The SMILES string of the molecule is CCOC(=O)c1ccc(C(=O)OCCCCCN=C(N)N)cc1. The minimum Gasteiger partial charge on any atom is -0.462 e. The van der Waals surface area contributed by atoms with Crippen LogP contribution in [-0.2, 0) is 9.47 Å². The Morgan fingerprint density at radius 2 is 1.52 bits per heavy atom. The number of hydrogen-bond acceptors (Lipinski definition) is 5. The predicted octanol–water partition coefficient (Wildman–Crippen LogP) is 1.46. The maximum atomic E-state index is 11.8. The third kappa shape index (κ3) is 7.30. The van der Waals surface area contributed by atoms with Crippen molar-refractivity contribution in [2.45, 2.75) is 26.2 Å². The van der Waals surface area contributed by atoms with Gasteiger partial charge >= 0.3 is 11.9 Å². The summed E-state index contributed by atoms with van der Waals surface area (Å²) >= 11 is 0. The van der Waals surface area contributed by atoms with E-state index < -0.39 is 11.9 Å². The number of benzene rings is 1. The van der Waals surface area contributed by atoms with Crippen LogP contribution in [0.4, 0.5) is 0 Å². The molecule has 1 aromatic rings. The van der Waals surface area contributed by atoms with Gasteiger partial charge in [-0.2, -0.15) is 0 Å². The molecule has 0 spiro atoms. The molecule has 0 atom stereocenters. The van der Waals surface area contributed by atoms with E-state index >= 15 is 0 Å². The number of carbonyl (C=O) groups is 2. The zero-order chi connectivity index (χ0) is 17.1. The van der Waals surface area contributed by atoms with Gasteiger partial charge in [0.1, 0.15) is 0 Å². The molecule has 0 saturated heterocycles. The van der Waals surface area contributed by atoms with E-state index in [1.54, 1.807) is 31.2 Å². The van der Waals surface area contributed by atoms with E-state index in [0.717, 1.165) is 19.3 Å². The molecule has 0 fully saturated rings. The van der Waals surface area contributed by atoms with Crippen molar-refractivity contribution >= 4 is 17.9 Å². The van der Waals surface area contributed by atoms with Crippen molar-refractivity contribution in [2.75, 3.05) is 19.8 Å². The van der Waals surface area contributed by atoms with Crippen molar-refractivity contribution in [1.29, 1.82) is 0 Å². The molecule has 7 nitrogen and oxygen atoms in total. The topological polar surface area (TPSA) is 117 Å². The second-order valence-corrected chi connectivity index (χ2v) is 4.80. The number of nitrogens with zero attached hydrogens (tertiary/aromatic N) is 1. The van der Waals surface area contributed by atoms with E-state index in [0.29, 0.717) is 30.9 Å². The zero-order valence-electron chi connectivity index (χ0n) is 13.3. The largest absolute Gasteiger partial charge is 0.462 e. The van der Waals surface area contributed by atoms with Crippen molar-refractivity contribution in [3.05, 3.63) is 35.4 Å². The lowest BCUT2D eigenvalue weighted by molar-refractivity contribution is 0.0492. The number of unbranched alkanes of at least 4 members (excludes halogenated alkanes) is 2. The maximum Gasteiger partial charge on any atom is 0.338 e. The van der Waals surface area contributed by atoms with Crippen LogP contribution in [0.15, 0.2) is 29.3 Å². The number of ether oxygens (including phenoxy) is 2. The van der Waals surface area contributed by atoms with Crippen LogP contribution in [0.25, 0.3) is 0 Å². The Bertz CT molecular complexity index is 537. The molecular formula is C16H23N3O4. The van der Waals surface area contributed by atoms with Crippen LogP contribution in [0.1, 0.15) is 46.9 Å². The van der Waals surface area contributed by atoms with Crippen LogP contribution in [0.3, 0.4) is 0 Å². The molecule has 126 valence electrons. The molecule has 0 aliphatic rings. The van der Waals surface area contributed by atoms with Crippen LogP contribution in [0.5, 0.6) is 0 Å². The first-order valence-corrected chi connectivity index (χ1v) is 7.54. The van der Waals surface area contributed by atoms with Crippen LogP contribution >= 0.6 is 0 Å². The first-order chi connectivity index (χ1) is 11.0. The Kier molecular flexibility index (Phi) is 8.20. The van der Waals surface area contributed by atoms with Gasteiger partial charge in [-0.15, -0.1) is 0 Å². The first kappa shape index (κ1) is 18.5. The Morgan fingerprint density at radius 1 is 0.957 bits per heavy atom. The third-order valence-electron chi connectivity index (χ3n) is 2.96. The van der Waals surface area contributed by atoms with E-state index in [1.807, 2.05) is 0 Å². The molecule has 0 radical (unpaired) electrons. The molecule has 0 unspecified atom stereocenters. The highest BCUT2D eigenvalue weighted by Crippen LogP contribution is 2.08. The van der Waals surface area contributed by atoms with Gasteiger partial charge in [0.15, 0.2) is 5.96 Å². The maximum absolute atomic E-state index is 11.8. The zero-order valence-corrected chi connectivity index (χ0v) is 13.3. The minimum atomic E-state index is -0.412. The van der Waals surface area contributed by atoms with Gasteiger partial charge in [-0.3, -0.25) is 4.99 Å². The average molecular weight is 321 g/mol. The summed E-state index contributed by atoms with van der Waals surface area (Å²) in [5.41, 5.74) is 11.2. The lowest BCUT2D eigenvalue weighted by atomic mass is 10.1. The van der Waals surface area contributed by atoms with Gasteiger partial charge in [0.25, 0.3) is 0 Å². The van der Waals surface area contributed by atoms with Gasteiger partial charge in [0.05, 0.1) is 24.3 Å². The molecule has 0 aliphatic carbocycles. The summed E-state index contributed by atoms with van der Waals surface area (Å²) in [6, 6.07) is 6.19. The lowest BCUT2D eigenvalue weighted by Gasteiger charge is -2.06. The molecule has 0 aromatic heterocycles. The van der Waals surface area contributed by atoms with Crippen LogP contribution < -0.4 is 11.5 Å². The van der Waals surface area contributed by atoms with E-state index in [-0.39, 0.29) is 5.96 Å². The molecule has 0 heterocycles. The van der Waals surface area contributed by atoms with Gasteiger partial charge < -0.3 is 20.9 Å². The highest BCUT2D eigenvalue weighted by atomic mass is 16.5. The molecule has 23 heavy (non-hydrogen) atoms. The number of nitrogens with two attached hydrogens (primary N) is 2. The molecule has 0 saturated carbocycles. The molecule has 1 rings (SSSR count). The fourth-order valence-corrected chi connectivity index (χ4v) is 1.80. The molecule has 7 heteroatoms. The summed E-state index contributed by atoms with van der Waals surface area (Å²) in [4.78, 5) is 27.2. The number of esters is 2. The quantitative estimate of drug-likeness (QED) is 0.308. The molecule has 0 amide bonds. The molecule has 0 bridgehead atoms. The smallest absolute Gasteiger partial charge is 0.338 e. The number of guanidine groups is 1. The van der Waals surface area contributed by atoms with E-state index in [1.165, 1.54) is 0 Å². The monoisotopic (exact) mass is 321 g/mol. The van der Waals surface area contributed by atoms with Gasteiger partial charge in [-0.05, 0) is 50.5 Å². The van der Waals surface area contributed by atoms with E-state index in [2.05, 4.69) is 4.99 Å². The number of aliphatic imine (C=N–C) groups is 1. The predicted molar refractivity (Wildman–Crippen MR) is 87.2 cm³/mol. The van der Waals surface area contributed by atoms with Crippen molar-refractivity contribution < 1.29 is 19.1 Å². The highest BCUT2D eigenvalue weighted by Gasteiger charge is 2.10. The Hall–Kier alpha value is -2.57. The van der Waals surface area contributed by atoms with Crippen molar-refractivity contribution in [1.82, 2.24) is 0 Å². The van der Waals surface area contributed by atoms with Crippen molar-refractivity contribution in [3.8, 4) is 0 Å². The average Bonchev–Trinajstić information content (AvgIpc) is 2.54. The third-order valence-corrected chi connectivity index (χ3v) is 2.96. The fraction of sp³-hybridized carbons (Fsp3) is 0.438. The van der Waals surface area contributed by atoms with Crippen LogP contribution in [-0.4, -0.2) is 37.7 Å². The molecule has 0 aliphatic heterocycles. The number of rotatable bonds is 9. The lowest BCUT2D eigenvalue weighted by Crippen LogP contribution is -2.22. The van der Waals surface area contributed by atoms with Gasteiger partial charge in [-0.1, -0.05) is 0 Å². The Balaban J connectivity index is 2.29. The summed E-state index contributed by atoms with van der Waals surface area (Å²) in [6.07, 6.45) is 2.45. The van der Waals surface area contributed by atoms with E-state index in [9.17, 15) is 9.59 Å².